The zero-order valence-electron chi connectivity index (χ0n) is 9.97. The van der Waals surface area contributed by atoms with Crippen LogP contribution >= 0.6 is 27.3 Å². The molecule has 0 aromatic carbocycles. The van der Waals surface area contributed by atoms with Gasteiger partial charge in [0.05, 0.1) is 16.5 Å². The standard InChI is InChI=1S/C13H13BrN2OS/c1-8(9-2-3-9)16-6-10(7-17)12(15-16)13-11(14)4-5-18-13/h4-9H,2-3H2,1H3. The van der Waals surface area contributed by atoms with Crippen molar-refractivity contribution in [2.24, 2.45) is 5.92 Å². The minimum Gasteiger partial charge on any atom is -0.298 e. The molecule has 0 N–H and O–H groups in total. The molecule has 2 aromatic heterocycles. The molecule has 1 aliphatic carbocycles. The molecule has 3 rings (SSSR count). The topological polar surface area (TPSA) is 34.9 Å². The Kier molecular flexibility index (Phi) is 3.11. The number of hydrogen-bond donors (Lipinski definition) is 0. The van der Waals surface area contributed by atoms with Crippen molar-refractivity contribution in [3.63, 3.8) is 0 Å². The molecule has 0 amide bonds. The molecule has 0 bridgehead atoms. The second kappa shape index (κ2) is 4.63. The molecule has 0 aliphatic heterocycles. The highest BCUT2D eigenvalue weighted by Gasteiger charge is 2.30. The Morgan fingerprint density at radius 2 is 2.39 bits per heavy atom. The minimum atomic E-state index is 0.385. The Balaban J connectivity index is 2.03. The van der Waals surface area contributed by atoms with Crippen molar-refractivity contribution in [1.29, 1.82) is 0 Å². The van der Waals surface area contributed by atoms with Gasteiger partial charge in [0.25, 0.3) is 0 Å². The lowest BCUT2D eigenvalue weighted by Crippen LogP contribution is -2.07. The quantitative estimate of drug-likeness (QED) is 0.791. The summed E-state index contributed by atoms with van der Waals surface area (Å²) in [6, 6.07) is 2.37. The van der Waals surface area contributed by atoms with Gasteiger partial charge in [-0.3, -0.25) is 9.48 Å². The first kappa shape index (κ1) is 12.1. The van der Waals surface area contributed by atoms with Gasteiger partial charge in [0.1, 0.15) is 5.69 Å². The molecule has 94 valence electrons. The molecule has 18 heavy (non-hydrogen) atoms. The van der Waals surface area contributed by atoms with Crippen molar-refractivity contribution >= 4 is 33.6 Å². The van der Waals surface area contributed by atoms with Gasteiger partial charge in [0.2, 0.25) is 0 Å². The molecule has 1 aliphatic rings. The third-order valence-corrected chi connectivity index (χ3v) is 5.29. The summed E-state index contributed by atoms with van der Waals surface area (Å²) in [6.07, 6.45) is 5.31. The van der Waals surface area contributed by atoms with Crippen LogP contribution in [-0.4, -0.2) is 16.1 Å². The molecule has 5 heteroatoms. The first-order valence-electron chi connectivity index (χ1n) is 5.98. The number of nitrogens with zero attached hydrogens (tertiary/aromatic N) is 2. The van der Waals surface area contributed by atoms with Crippen molar-refractivity contribution in [2.45, 2.75) is 25.8 Å². The fraction of sp³-hybridized carbons (Fsp3) is 0.385. The number of thiophene rings is 1. The van der Waals surface area contributed by atoms with Gasteiger partial charge < -0.3 is 0 Å². The highest BCUT2D eigenvalue weighted by molar-refractivity contribution is 9.10. The predicted molar refractivity (Wildman–Crippen MR) is 76.1 cm³/mol. The van der Waals surface area contributed by atoms with E-state index in [0.29, 0.717) is 11.6 Å². The molecule has 0 spiro atoms. The van der Waals surface area contributed by atoms with Crippen LogP contribution in [-0.2, 0) is 0 Å². The number of carbonyl (C=O) groups is 1. The maximum Gasteiger partial charge on any atom is 0.153 e. The van der Waals surface area contributed by atoms with Crippen LogP contribution in [0.4, 0.5) is 0 Å². The molecule has 0 saturated heterocycles. The van der Waals surface area contributed by atoms with Crippen molar-refractivity contribution in [3.05, 3.63) is 27.7 Å². The Labute approximate surface area is 118 Å². The van der Waals surface area contributed by atoms with E-state index in [1.54, 1.807) is 11.3 Å². The molecule has 1 saturated carbocycles. The zero-order valence-corrected chi connectivity index (χ0v) is 12.4. The lowest BCUT2D eigenvalue weighted by Gasteiger charge is -2.09. The third kappa shape index (κ3) is 2.06. The summed E-state index contributed by atoms with van der Waals surface area (Å²) in [4.78, 5) is 12.2. The van der Waals surface area contributed by atoms with E-state index in [4.69, 9.17) is 0 Å². The molecule has 1 unspecified atom stereocenters. The number of hydrogen-bond acceptors (Lipinski definition) is 3. The van der Waals surface area contributed by atoms with E-state index >= 15 is 0 Å². The lowest BCUT2D eigenvalue weighted by atomic mass is 10.2. The highest BCUT2D eigenvalue weighted by atomic mass is 79.9. The Morgan fingerprint density at radius 1 is 1.61 bits per heavy atom. The normalized spacial score (nSPS) is 16.8. The van der Waals surface area contributed by atoms with Crippen LogP contribution in [0.25, 0.3) is 10.6 Å². The van der Waals surface area contributed by atoms with Gasteiger partial charge in [-0.15, -0.1) is 11.3 Å². The maximum absolute atomic E-state index is 11.2. The van der Waals surface area contributed by atoms with Gasteiger partial charge in [-0.25, -0.2) is 0 Å². The van der Waals surface area contributed by atoms with E-state index in [1.807, 2.05) is 22.3 Å². The summed E-state index contributed by atoms with van der Waals surface area (Å²) in [7, 11) is 0. The number of aldehydes is 1. The van der Waals surface area contributed by atoms with E-state index < -0.39 is 0 Å². The van der Waals surface area contributed by atoms with Gasteiger partial charge in [0, 0.05) is 10.7 Å². The Morgan fingerprint density at radius 3 is 2.94 bits per heavy atom. The van der Waals surface area contributed by atoms with E-state index in [-0.39, 0.29) is 0 Å². The van der Waals surface area contributed by atoms with Crippen LogP contribution in [0.3, 0.4) is 0 Å². The predicted octanol–water partition coefficient (Wildman–Crippen LogP) is 4.16. The fourth-order valence-electron chi connectivity index (χ4n) is 2.13. The van der Waals surface area contributed by atoms with Crippen molar-refractivity contribution < 1.29 is 4.79 Å². The summed E-state index contributed by atoms with van der Waals surface area (Å²) in [5, 5.41) is 6.61. The van der Waals surface area contributed by atoms with Gasteiger partial charge >= 0.3 is 0 Å². The Hall–Kier alpha value is -0.940. The average Bonchev–Trinajstić information content (AvgIpc) is 3.00. The number of rotatable bonds is 4. The van der Waals surface area contributed by atoms with Crippen LogP contribution in [0.1, 0.15) is 36.2 Å². The van der Waals surface area contributed by atoms with E-state index in [0.717, 1.165) is 27.2 Å². The van der Waals surface area contributed by atoms with Crippen LogP contribution in [0, 0.1) is 5.92 Å². The van der Waals surface area contributed by atoms with Crippen LogP contribution in [0.2, 0.25) is 0 Å². The monoisotopic (exact) mass is 324 g/mol. The number of halogens is 1. The van der Waals surface area contributed by atoms with Gasteiger partial charge in [-0.1, -0.05) is 0 Å². The molecule has 2 heterocycles. The molecule has 1 atom stereocenters. The van der Waals surface area contributed by atoms with E-state index in [1.165, 1.54) is 12.8 Å². The fourth-order valence-corrected chi connectivity index (χ4v) is 3.70. The van der Waals surface area contributed by atoms with Crippen molar-refractivity contribution in [3.8, 4) is 10.6 Å². The summed E-state index contributed by atoms with van der Waals surface area (Å²) in [6.45, 7) is 2.17. The number of carbonyl (C=O) groups excluding carboxylic acids is 1. The van der Waals surface area contributed by atoms with Gasteiger partial charge in [-0.05, 0) is 53.1 Å². The summed E-state index contributed by atoms with van der Waals surface area (Å²) in [5.74, 6) is 0.726. The second-order valence-corrected chi connectivity index (χ2v) is 6.48. The molecular weight excluding hydrogens is 312 g/mol. The third-order valence-electron chi connectivity index (χ3n) is 3.44. The SMILES string of the molecule is CC(C1CC1)n1cc(C=O)c(-c2sccc2Br)n1. The average molecular weight is 325 g/mol. The summed E-state index contributed by atoms with van der Waals surface area (Å²) >= 11 is 5.10. The number of aromatic nitrogens is 2. The first-order valence-corrected chi connectivity index (χ1v) is 7.65. The van der Waals surface area contributed by atoms with Gasteiger partial charge in [-0.2, -0.15) is 5.10 Å². The maximum atomic E-state index is 11.2. The minimum absolute atomic E-state index is 0.385. The van der Waals surface area contributed by atoms with Crippen molar-refractivity contribution in [1.82, 2.24) is 9.78 Å². The smallest absolute Gasteiger partial charge is 0.153 e. The molecule has 1 fully saturated rings. The van der Waals surface area contributed by atoms with E-state index in [9.17, 15) is 4.79 Å². The highest BCUT2D eigenvalue weighted by Crippen LogP contribution is 2.40. The first-order chi connectivity index (χ1) is 8.70. The summed E-state index contributed by atoms with van der Waals surface area (Å²) < 4.78 is 2.95. The lowest BCUT2D eigenvalue weighted by molar-refractivity contribution is 0.112. The molecule has 2 aromatic rings. The van der Waals surface area contributed by atoms with Gasteiger partial charge in [0.15, 0.2) is 6.29 Å². The largest absolute Gasteiger partial charge is 0.298 e. The van der Waals surface area contributed by atoms with Crippen LogP contribution < -0.4 is 0 Å². The Bertz CT molecular complexity index is 586. The van der Waals surface area contributed by atoms with E-state index in [2.05, 4.69) is 28.0 Å². The summed E-state index contributed by atoms with van der Waals surface area (Å²) in [5.41, 5.74) is 1.46. The van der Waals surface area contributed by atoms with Crippen LogP contribution in [0.5, 0.6) is 0 Å². The molecule has 0 radical (unpaired) electrons. The molecular formula is C13H13BrN2OS. The van der Waals surface area contributed by atoms with Crippen LogP contribution in [0.15, 0.2) is 22.1 Å². The zero-order chi connectivity index (χ0) is 12.7. The van der Waals surface area contributed by atoms with Crippen molar-refractivity contribution in [2.75, 3.05) is 0 Å². The molecule has 3 nitrogen and oxygen atoms in total. The second-order valence-electron chi connectivity index (χ2n) is 4.71.